The highest BCUT2D eigenvalue weighted by molar-refractivity contribution is 5.80. The largest absolute Gasteiger partial charge is 0.491 e. The van der Waals surface area contributed by atoms with Crippen LogP contribution in [0.1, 0.15) is 48.9 Å². The molecule has 186 valence electrons. The van der Waals surface area contributed by atoms with Crippen molar-refractivity contribution in [3.63, 3.8) is 0 Å². The lowest BCUT2D eigenvalue weighted by Crippen LogP contribution is -2.38. The molecule has 0 saturated carbocycles. The lowest BCUT2D eigenvalue weighted by molar-refractivity contribution is 0.0322. The molecule has 2 heterocycles. The zero-order valence-electron chi connectivity index (χ0n) is 21.6. The molecule has 0 bridgehead atoms. The average Bonchev–Trinajstić information content (AvgIpc) is 2.83. The van der Waals surface area contributed by atoms with Crippen molar-refractivity contribution in [1.82, 2.24) is 9.88 Å². The summed E-state index contributed by atoms with van der Waals surface area (Å²) in [5, 5.41) is 4.50. The summed E-state index contributed by atoms with van der Waals surface area (Å²) in [6.45, 7) is 17.7. The van der Waals surface area contributed by atoms with E-state index >= 15 is 0 Å². The monoisotopic (exact) mass is 467 g/mol. The van der Waals surface area contributed by atoms with Crippen LogP contribution in [0.25, 0.3) is 0 Å². The van der Waals surface area contributed by atoms with Crippen LogP contribution in [-0.4, -0.2) is 68.6 Å². The van der Waals surface area contributed by atoms with Crippen LogP contribution in [0.5, 0.6) is 5.75 Å². The molecule has 0 atom stereocenters. The smallest absolute Gasteiger partial charge is 0.155 e. The molecule has 2 aromatic rings. The molecular weight excluding hydrogens is 426 g/mol. The van der Waals surface area contributed by atoms with Gasteiger partial charge in [0.25, 0.3) is 0 Å². The Labute approximate surface area is 205 Å². The molecule has 7 nitrogen and oxygen atoms in total. The number of hydrogen-bond donors (Lipinski definition) is 1. The molecule has 1 aliphatic heterocycles. The van der Waals surface area contributed by atoms with E-state index in [0.29, 0.717) is 6.61 Å². The van der Waals surface area contributed by atoms with E-state index in [1.165, 1.54) is 5.56 Å². The number of rotatable bonds is 12. The maximum atomic E-state index is 6.40. The first-order valence-corrected chi connectivity index (χ1v) is 12.6. The number of morpholine rings is 1. The van der Waals surface area contributed by atoms with Gasteiger partial charge in [0.05, 0.1) is 19.4 Å². The van der Waals surface area contributed by atoms with E-state index in [1.54, 1.807) is 0 Å². The quantitative estimate of drug-likeness (QED) is 0.358. The van der Waals surface area contributed by atoms with Crippen molar-refractivity contribution in [3.8, 4) is 5.75 Å². The molecule has 1 saturated heterocycles. The lowest BCUT2D eigenvalue weighted by atomic mass is 10.1. The van der Waals surface area contributed by atoms with Crippen LogP contribution < -0.4 is 15.1 Å². The first-order valence-electron chi connectivity index (χ1n) is 12.6. The van der Waals surface area contributed by atoms with Gasteiger partial charge in [-0.2, -0.15) is 5.10 Å². The molecule has 1 aromatic heterocycles. The molecule has 1 aromatic carbocycles. The Hall–Kier alpha value is -2.64. The predicted molar refractivity (Wildman–Crippen MR) is 142 cm³/mol. The third kappa shape index (κ3) is 7.18. The minimum atomic E-state index is 0.638. The Morgan fingerprint density at radius 2 is 1.85 bits per heavy atom. The zero-order chi connectivity index (χ0) is 24.3. The molecule has 1 aliphatic rings. The number of anilines is 2. The van der Waals surface area contributed by atoms with Gasteiger partial charge < -0.3 is 14.4 Å². The maximum Gasteiger partial charge on any atom is 0.155 e. The summed E-state index contributed by atoms with van der Waals surface area (Å²) >= 11 is 0. The van der Waals surface area contributed by atoms with Gasteiger partial charge in [0.2, 0.25) is 0 Å². The van der Waals surface area contributed by atoms with Crippen molar-refractivity contribution >= 4 is 17.9 Å². The van der Waals surface area contributed by atoms with Crippen molar-refractivity contribution in [1.29, 1.82) is 0 Å². The van der Waals surface area contributed by atoms with Crippen molar-refractivity contribution in [3.05, 3.63) is 46.5 Å². The van der Waals surface area contributed by atoms with E-state index in [2.05, 4.69) is 67.1 Å². The molecule has 7 heteroatoms. The summed E-state index contributed by atoms with van der Waals surface area (Å²) in [6.07, 6.45) is 3.97. The molecule has 0 aliphatic carbocycles. The summed E-state index contributed by atoms with van der Waals surface area (Å²) in [4.78, 5) is 9.76. The number of aromatic nitrogens is 1. The van der Waals surface area contributed by atoms with Gasteiger partial charge in [0, 0.05) is 43.9 Å². The predicted octanol–water partition coefficient (Wildman–Crippen LogP) is 4.79. The van der Waals surface area contributed by atoms with Crippen molar-refractivity contribution in [2.24, 2.45) is 5.10 Å². The van der Waals surface area contributed by atoms with Gasteiger partial charge in [-0.3, -0.25) is 10.3 Å². The van der Waals surface area contributed by atoms with Crippen LogP contribution in [0.15, 0.2) is 29.4 Å². The number of hydrogen-bond acceptors (Lipinski definition) is 7. The van der Waals surface area contributed by atoms with Crippen LogP contribution in [0.3, 0.4) is 0 Å². The number of aryl methyl sites for hydroxylation is 1. The second-order valence-electron chi connectivity index (χ2n) is 8.94. The second-order valence-corrected chi connectivity index (χ2v) is 8.94. The average molecular weight is 468 g/mol. The minimum Gasteiger partial charge on any atom is -0.491 e. The molecular formula is C27H41N5O2. The normalized spacial score (nSPS) is 14.5. The number of pyridine rings is 1. The summed E-state index contributed by atoms with van der Waals surface area (Å²) in [6, 6.07) is 8.27. The van der Waals surface area contributed by atoms with Gasteiger partial charge in [-0.15, -0.1) is 0 Å². The summed E-state index contributed by atoms with van der Waals surface area (Å²) in [5.74, 6) is 2.62. The summed E-state index contributed by atoms with van der Waals surface area (Å²) in [7, 11) is 0. The highest BCUT2D eigenvalue weighted by Gasteiger charge is 2.20. The summed E-state index contributed by atoms with van der Waals surface area (Å²) < 4.78 is 11.9. The minimum absolute atomic E-state index is 0.638. The molecule has 34 heavy (non-hydrogen) atoms. The van der Waals surface area contributed by atoms with E-state index in [0.717, 1.165) is 92.9 Å². The third-order valence-electron chi connectivity index (χ3n) is 6.06. The summed E-state index contributed by atoms with van der Waals surface area (Å²) in [5.41, 5.74) is 7.53. The third-order valence-corrected chi connectivity index (χ3v) is 6.06. The van der Waals surface area contributed by atoms with Gasteiger partial charge in [-0.1, -0.05) is 43.7 Å². The number of benzene rings is 1. The topological polar surface area (TPSA) is 62.2 Å². The molecule has 3 rings (SSSR count). The van der Waals surface area contributed by atoms with Crippen molar-refractivity contribution in [2.45, 2.75) is 47.5 Å². The fourth-order valence-corrected chi connectivity index (χ4v) is 4.28. The first kappa shape index (κ1) is 26.0. The Morgan fingerprint density at radius 3 is 2.53 bits per heavy atom. The standard InChI is InChI=1S/C27H41N5O2/c1-6-11-32(12-7-2)27-23(5)25(34-18-15-31-13-16-33-17-14-31)22(4)26(29-27)30-28-20-24-10-8-9-21(3)19-24/h8-10,19-20H,6-7,11-18H2,1-5H3,(H,29,30)/b28-20+. The van der Waals surface area contributed by atoms with Gasteiger partial charge >= 0.3 is 0 Å². The van der Waals surface area contributed by atoms with E-state index in [1.807, 2.05) is 18.3 Å². The van der Waals surface area contributed by atoms with Gasteiger partial charge in [0.1, 0.15) is 18.2 Å². The zero-order valence-corrected chi connectivity index (χ0v) is 21.6. The van der Waals surface area contributed by atoms with E-state index in [9.17, 15) is 0 Å². The molecule has 1 N–H and O–H groups in total. The Balaban J connectivity index is 1.84. The highest BCUT2D eigenvalue weighted by Crippen LogP contribution is 2.35. The van der Waals surface area contributed by atoms with Gasteiger partial charge in [0.15, 0.2) is 5.82 Å². The van der Waals surface area contributed by atoms with Crippen LogP contribution >= 0.6 is 0 Å². The Bertz CT molecular complexity index is 935. The molecule has 0 amide bonds. The fourth-order valence-electron chi connectivity index (χ4n) is 4.28. The Morgan fingerprint density at radius 1 is 1.12 bits per heavy atom. The first-order chi connectivity index (χ1) is 16.5. The number of nitrogens with one attached hydrogen (secondary N) is 1. The number of hydrazone groups is 1. The number of nitrogens with zero attached hydrogens (tertiary/aromatic N) is 4. The van der Waals surface area contributed by atoms with E-state index < -0.39 is 0 Å². The lowest BCUT2D eigenvalue weighted by Gasteiger charge is -2.28. The van der Waals surface area contributed by atoms with Crippen molar-refractivity contribution in [2.75, 3.05) is 62.9 Å². The van der Waals surface area contributed by atoms with E-state index in [-0.39, 0.29) is 0 Å². The molecule has 0 unspecified atom stereocenters. The second kappa shape index (κ2) is 13.3. The van der Waals surface area contributed by atoms with Gasteiger partial charge in [-0.25, -0.2) is 4.98 Å². The van der Waals surface area contributed by atoms with Gasteiger partial charge in [-0.05, 0) is 39.2 Å². The number of ether oxygens (including phenoxy) is 2. The maximum absolute atomic E-state index is 6.40. The van der Waals surface area contributed by atoms with Crippen LogP contribution in [0, 0.1) is 20.8 Å². The Kier molecular flexibility index (Phi) is 10.2. The highest BCUT2D eigenvalue weighted by atomic mass is 16.5. The van der Waals surface area contributed by atoms with E-state index in [4.69, 9.17) is 14.5 Å². The fraction of sp³-hybridized carbons (Fsp3) is 0.556. The van der Waals surface area contributed by atoms with Crippen LogP contribution in [0.4, 0.5) is 11.6 Å². The molecule has 0 radical (unpaired) electrons. The SMILES string of the molecule is CCCN(CCC)c1nc(N/N=C/c2cccc(C)c2)c(C)c(OCCN2CCOCC2)c1C. The molecule has 1 fully saturated rings. The van der Waals surface area contributed by atoms with Crippen molar-refractivity contribution < 1.29 is 9.47 Å². The van der Waals surface area contributed by atoms with Crippen LogP contribution in [0.2, 0.25) is 0 Å². The van der Waals surface area contributed by atoms with Crippen LogP contribution in [-0.2, 0) is 4.74 Å². The molecule has 0 spiro atoms.